The second-order valence-corrected chi connectivity index (χ2v) is 35.9. The molecule has 0 spiro atoms. The molecule has 4 aliphatic carbocycles. The number of nitrogens with zero attached hydrogens (tertiary/aromatic N) is 2. The summed E-state index contributed by atoms with van der Waals surface area (Å²) >= 11 is 7.63. The van der Waals surface area contributed by atoms with Crippen LogP contribution in [0, 0.1) is 26.1 Å². The Hall–Kier alpha value is -8.86. The molecule has 0 bridgehead atoms. The largest absolute Gasteiger partial charge is 0.507 e. The van der Waals surface area contributed by atoms with Crippen molar-refractivity contribution in [2.24, 2.45) is 11.7 Å². The summed E-state index contributed by atoms with van der Waals surface area (Å²) in [5, 5.41) is 110. The third kappa shape index (κ3) is 24.0. The van der Waals surface area contributed by atoms with Crippen molar-refractivity contribution >= 4 is 129 Å². The van der Waals surface area contributed by atoms with Crippen LogP contribution in [0.3, 0.4) is 0 Å². The number of Topliss-reactive ketones (excluding diaryl/α,β-unsaturated/α-hetero) is 2. The van der Waals surface area contributed by atoms with Gasteiger partial charge in [0.25, 0.3) is 11.4 Å². The molecule has 0 saturated carbocycles. The fourth-order valence-electron chi connectivity index (χ4n) is 14.8. The number of ketones is 6. The molecular weight excluding hydrogens is 1720 g/mol. The number of carbonyl (C=O) groups is 10. The Kier molecular flexibility index (Phi) is 36.3. The van der Waals surface area contributed by atoms with E-state index in [1.807, 2.05) is 13.8 Å². The highest BCUT2D eigenvalue weighted by Gasteiger charge is 2.52. The van der Waals surface area contributed by atoms with Crippen molar-refractivity contribution in [3.63, 3.8) is 0 Å². The van der Waals surface area contributed by atoms with Gasteiger partial charge in [-0.2, -0.15) is 11.8 Å². The number of hydrogen-bond donors (Lipinski definition) is 9. The molecule has 33 nitrogen and oxygen atoms in total. The lowest BCUT2D eigenvalue weighted by molar-refractivity contribution is -0.385. The lowest BCUT2D eigenvalue weighted by Crippen LogP contribution is -2.52. The number of ether oxygens (including phenoxy) is 8. The number of nitro groups is 2. The lowest BCUT2D eigenvalue weighted by Gasteiger charge is -2.42. The highest BCUT2D eigenvalue weighted by molar-refractivity contribution is 8.13. The van der Waals surface area contributed by atoms with E-state index in [9.17, 15) is 109 Å². The van der Waals surface area contributed by atoms with Crippen LogP contribution in [0.15, 0.2) is 84.9 Å². The topological polar surface area (TPSA) is 519 Å². The van der Waals surface area contributed by atoms with Gasteiger partial charge in [0.2, 0.25) is 11.6 Å². The SMILES string of the molecule is CCP.CCPC(=O)CCCSC(=O)Oc1ccc([N+](=O)[O-])cc1.CCPC(=O)CCCSCC[C@H]1CC(O[C@H]2C[C@](O)(C(C)=O)Cc3c(O)c4c(c(O)c32)C(=O)c2c(OC)cccc2C4=O)O[C@@H](C)[C@H]1O.COc1cccc2c1C(=O)c1c(O)c3c(c(O)c1C2=O)C[C@@](O)(C(C)=O)C[C@@H]3OC1C[C@H](N)[C@H](O)[C@H](C)O1.O=C(Cl)Oc1ccc([N+](=O)[O-])cc1. The molecular formula is C84H99ClN3O30P3S2. The number of aliphatic hydroxyl groups excluding tert-OH is 2. The van der Waals surface area contributed by atoms with Gasteiger partial charge in [-0.25, -0.2) is 9.59 Å². The Bertz CT molecular complexity index is 4950. The number of hydrogen-bond acceptors (Lipinski definition) is 33. The van der Waals surface area contributed by atoms with E-state index >= 15 is 0 Å². The van der Waals surface area contributed by atoms with Gasteiger partial charge in [0, 0.05) is 132 Å². The molecule has 2 heterocycles. The standard InChI is InChI=1S/C35H43O11PS.C27H29NO10.C13H16NO5PS.C7H4ClNO4.C2H7P/c1-5-47-24(37)10-7-12-48-13-11-19-14-25(45-17(2)30(19)38)46-23-16-35(43,18(3)36)15-21-27(23)34(42)29-28(32(21)40)31(39)20-8-6-9-22(44-4)26(20)33(29)41;1-10-22(30)14(28)7-17(37-10)38-16-9-27(35,11(2)29)8-13-19(16)26(34)21-20(24(13)32)23(31)12-5-4-6-15(36-3)18(12)25(21)33;1-2-20-12(15)4-3-9-21-13(16)19-11-7-5-10(6-8-11)14(17)18;8-7(10)13-6-3-1-5(2-4-6)9(11)12;1-2-3/h6,8-9,17,19,23,25,30,38,40,42-43,47H,5,7,10-16H2,1-4H3;4-6,10,14,16-17,22,30,32,34-35H,7-9,28H2,1-3H3;5-8,20H,2-4,9H2,1H3;1-4H;2-3H2,1H3/t17-,19-,23-,25?,30+,35-;10-,14-,16-,17?,22+,27-;;;/m00.../s1. The average molecular weight is 1820 g/mol. The molecule has 2 fully saturated rings. The number of non-ortho nitro benzene ring substituents is 2. The van der Waals surface area contributed by atoms with Crippen LogP contribution in [-0.4, -0.2) is 211 Å². The molecule has 664 valence electrons. The quantitative estimate of drug-likeness (QED) is 0.00439. The summed E-state index contributed by atoms with van der Waals surface area (Å²) in [4.78, 5) is 144. The highest BCUT2D eigenvalue weighted by atomic mass is 35.5. The van der Waals surface area contributed by atoms with Crippen LogP contribution < -0.4 is 24.7 Å². The molecule has 6 aliphatic rings. The monoisotopic (exact) mass is 1820 g/mol. The minimum absolute atomic E-state index is 0.00962. The molecule has 0 radical (unpaired) electrons. The number of aliphatic hydroxyl groups is 4. The van der Waals surface area contributed by atoms with Crippen molar-refractivity contribution in [2.75, 3.05) is 50.0 Å². The number of benzene rings is 6. The number of halogens is 1. The third-order valence-electron chi connectivity index (χ3n) is 21.0. The Labute approximate surface area is 726 Å². The molecule has 2 aliphatic heterocycles. The van der Waals surface area contributed by atoms with E-state index in [-0.39, 0.29) is 116 Å². The van der Waals surface area contributed by atoms with Crippen molar-refractivity contribution in [3.05, 3.63) is 172 Å². The molecule has 0 aromatic heterocycles. The summed E-state index contributed by atoms with van der Waals surface area (Å²) in [6.45, 7) is 11.8. The van der Waals surface area contributed by atoms with E-state index in [2.05, 4.69) is 20.9 Å². The maximum absolute atomic E-state index is 13.9. The van der Waals surface area contributed by atoms with Gasteiger partial charge in [-0.05, 0) is 131 Å². The van der Waals surface area contributed by atoms with E-state index in [1.165, 1.54) is 119 Å². The summed E-state index contributed by atoms with van der Waals surface area (Å²) in [5.74, 6) is -3.95. The van der Waals surface area contributed by atoms with Crippen LogP contribution >= 0.6 is 61.5 Å². The zero-order chi connectivity index (χ0) is 90.8. The summed E-state index contributed by atoms with van der Waals surface area (Å²) in [7, 11) is 5.98. The summed E-state index contributed by atoms with van der Waals surface area (Å²) in [6, 6.07) is 18.5. The Morgan fingerprint density at radius 1 is 0.585 bits per heavy atom. The first kappa shape index (κ1) is 99.6. The second kappa shape index (κ2) is 44.8. The zero-order valence-electron chi connectivity index (χ0n) is 68.7. The first-order valence-corrected chi connectivity index (χ1v) is 45.0. The molecule has 6 aromatic carbocycles. The van der Waals surface area contributed by atoms with E-state index < -0.39 is 180 Å². The third-order valence-corrected chi connectivity index (χ3v) is 25.0. The number of methoxy groups -OCH3 is 2. The Morgan fingerprint density at radius 2 is 0.984 bits per heavy atom. The molecule has 123 heavy (non-hydrogen) atoms. The van der Waals surface area contributed by atoms with Gasteiger partial charge < -0.3 is 84.5 Å². The fourth-order valence-corrected chi connectivity index (χ4v) is 18.0. The van der Waals surface area contributed by atoms with Crippen LogP contribution in [0.2, 0.25) is 0 Å². The van der Waals surface area contributed by atoms with Crippen LogP contribution in [0.25, 0.3) is 0 Å². The molecule has 6 aromatic rings. The van der Waals surface area contributed by atoms with Crippen LogP contribution in [-0.2, 0) is 51.0 Å². The molecule has 15 atom stereocenters. The van der Waals surface area contributed by atoms with E-state index in [4.69, 9.17) is 50.5 Å². The van der Waals surface area contributed by atoms with Crippen molar-refractivity contribution in [1.82, 2.24) is 0 Å². The Morgan fingerprint density at radius 3 is 1.37 bits per heavy atom. The van der Waals surface area contributed by atoms with E-state index in [0.29, 0.717) is 54.1 Å². The highest BCUT2D eigenvalue weighted by Crippen LogP contribution is 2.55. The first-order chi connectivity index (χ1) is 58.2. The van der Waals surface area contributed by atoms with Crippen LogP contribution in [0.1, 0.15) is 204 Å². The zero-order valence-corrected chi connectivity index (χ0v) is 74.2. The summed E-state index contributed by atoms with van der Waals surface area (Å²) in [5.41, 5.74) is -0.564. The van der Waals surface area contributed by atoms with Crippen molar-refractivity contribution in [2.45, 2.75) is 186 Å². The predicted molar refractivity (Wildman–Crippen MR) is 461 cm³/mol. The minimum atomic E-state index is -2.01. The number of rotatable bonds is 27. The normalized spacial score (nSPS) is 22.7. The molecule has 2 saturated heterocycles. The number of aromatic hydroxyl groups is 4. The number of phenolic OH excluding ortho intramolecular Hbond substituents is 4. The number of thioether (sulfide) groups is 2. The molecule has 5 unspecified atom stereocenters. The number of carbonyl (C=O) groups excluding carboxylic acids is 10. The lowest BCUT2D eigenvalue weighted by atomic mass is 9.72. The van der Waals surface area contributed by atoms with Gasteiger partial charge in [0.05, 0.1) is 94.1 Å². The predicted octanol–water partition coefficient (Wildman–Crippen LogP) is 12.5. The minimum Gasteiger partial charge on any atom is -0.507 e. The van der Waals surface area contributed by atoms with Gasteiger partial charge in [0.1, 0.15) is 57.2 Å². The second-order valence-electron chi connectivity index (χ2n) is 29.3. The van der Waals surface area contributed by atoms with E-state index in [0.717, 1.165) is 42.0 Å². The van der Waals surface area contributed by atoms with Crippen molar-refractivity contribution in [3.8, 4) is 46.0 Å². The van der Waals surface area contributed by atoms with Gasteiger partial charge in [-0.1, -0.05) is 62.2 Å². The number of fused-ring (bicyclic) bond motifs is 6. The van der Waals surface area contributed by atoms with Gasteiger partial charge >= 0.3 is 10.7 Å². The van der Waals surface area contributed by atoms with Crippen LogP contribution in [0.5, 0.6) is 46.0 Å². The average Bonchev–Trinajstić information content (AvgIpc) is 0.714. The van der Waals surface area contributed by atoms with Gasteiger partial charge in [0.15, 0.2) is 46.8 Å². The summed E-state index contributed by atoms with van der Waals surface area (Å²) < 4.78 is 44.2. The maximum Gasteiger partial charge on any atom is 0.409 e. The number of nitrogens with two attached hydrogens (primary N) is 1. The van der Waals surface area contributed by atoms with Crippen LogP contribution in [0.4, 0.5) is 21.0 Å². The maximum atomic E-state index is 13.9. The van der Waals surface area contributed by atoms with Crippen molar-refractivity contribution < 1.29 is 137 Å². The van der Waals surface area contributed by atoms with E-state index in [1.54, 1.807) is 25.6 Å². The number of phenols is 4. The molecule has 12 rings (SSSR count). The van der Waals surface area contributed by atoms with Gasteiger partial charge in [-0.3, -0.25) is 58.6 Å². The Balaban J connectivity index is 0.000000221. The first-order valence-electron chi connectivity index (χ1n) is 39.2. The molecule has 10 N–H and O–H groups in total. The molecule has 39 heteroatoms. The van der Waals surface area contributed by atoms with Gasteiger partial charge in [-0.15, -0.1) is 9.24 Å². The summed E-state index contributed by atoms with van der Waals surface area (Å²) in [6.07, 6.45) is -2.43. The molecule has 0 amide bonds. The smallest absolute Gasteiger partial charge is 0.409 e. The number of nitro benzene ring substituents is 2. The fraction of sp³-hybridized carbons (Fsp3) is 0.452. The van der Waals surface area contributed by atoms with Crippen molar-refractivity contribution in [1.29, 1.82) is 0 Å².